The fourth-order valence-electron chi connectivity index (χ4n) is 2.96. The van der Waals surface area contributed by atoms with E-state index in [-0.39, 0.29) is 12.0 Å². The van der Waals surface area contributed by atoms with E-state index in [2.05, 4.69) is 11.4 Å². The Labute approximate surface area is 143 Å². The first-order chi connectivity index (χ1) is 11.6. The van der Waals surface area contributed by atoms with E-state index in [9.17, 15) is 4.79 Å². The van der Waals surface area contributed by atoms with E-state index in [1.165, 1.54) is 5.56 Å². The van der Waals surface area contributed by atoms with Crippen LogP contribution in [0.3, 0.4) is 0 Å². The highest BCUT2D eigenvalue weighted by Gasteiger charge is 2.23. The Balaban J connectivity index is 1.49. The lowest BCUT2D eigenvalue weighted by molar-refractivity contribution is -0.117. The Morgan fingerprint density at radius 1 is 1.17 bits per heavy atom. The van der Waals surface area contributed by atoms with E-state index >= 15 is 0 Å². The van der Waals surface area contributed by atoms with Crippen LogP contribution >= 0.6 is 0 Å². The Hall–Kier alpha value is -2.33. The van der Waals surface area contributed by atoms with Crippen LogP contribution in [0.4, 0.5) is 5.69 Å². The number of nitrogens with one attached hydrogen (secondary N) is 1. The molecule has 0 spiro atoms. The molecule has 1 aliphatic rings. The molecule has 3 rings (SSSR count). The summed E-state index contributed by atoms with van der Waals surface area (Å²) >= 11 is 0. The number of ether oxygens (including phenoxy) is 1. The zero-order chi connectivity index (χ0) is 16.9. The van der Waals surface area contributed by atoms with Gasteiger partial charge in [0.1, 0.15) is 5.75 Å². The molecule has 24 heavy (non-hydrogen) atoms. The third kappa shape index (κ3) is 3.95. The molecular weight excluding hydrogens is 300 g/mol. The number of fused-ring (bicyclic) bond motifs is 1. The van der Waals surface area contributed by atoms with E-state index in [0.717, 1.165) is 30.0 Å². The van der Waals surface area contributed by atoms with Gasteiger partial charge in [0.05, 0.1) is 12.6 Å². The fraction of sp³-hybridized carbons (Fsp3) is 0.350. The van der Waals surface area contributed by atoms with Gasteiger partial charge in [0, 0.05) is 18.8 Å². The second-order valence-electron chi connectivity index (χ2n) is 6.34. The van der Waals surface area contributed by atoms with Crippen LogP contribution in [-0.2, 0) is 17.8 Å². The number of nitrogens with zero attached hydrogens (tertiary/aromatic N) is 1. The van der Waals surface area contributed by atoms with Gasteiger partial charge in [0.15, 0.2) is 0 Å². The van der Waals surface area contributed by atoms with Gasteiger partial charge in [0.2, 0.25) is 5.91 Å². The Morgan fingerprint density at radius 2 is 1.92 bits per heavy atom. The maximum absolute atomic E-state index is 12.4. The van der Waals surface area contributed by atoms with Crippen LogP contribution in [0.2, 0.25) is 0 Å². The molecule has 1 N–H and O–H groups in total. The largest absolute Gasteiger partial charge is 0.491 e. The van der Waals surface area contributed by atoms with Crippen molar-refractivity contribution in [2.24, 2.45) is 0 Å². The number of hydrogen-bond acceptors (Lipinski definition) is 3. The molecule has 0 saturated heterocycles. The minimum absolute atomic E-state index is 0.125. The molecule has 0 aliphatic carbocycles. The van der Waals surface area contributed by atoms with Gasteiger partial charge in [-0.15, -0.1) is 0 Å². The van der Waals surface area contributed by atoms with Crippen molar-refractivity contribution in [2.45, 2.75) is 32.9 Å². The number of carbonyl (C=O) groups excluding carboxylic acids is 1. The molecule has 0 aromatic heterocycles. The summed E-state index contributed by atoms with van der Waals surface area (Å²) in [5, 5.41) is 3.24. The van der Waals surface area contributed by atoms with Crippen molar-refractivity contribution < 1.29 is 9.53 Å². The number of amides is 1. The number of anilines is 1. The molecule has 2 aromatic carbocycles. The van der Waals surface area contributed by atoms with E-state index in [4.69, 9.17) is 4.74 Å². The predicted octanol–water partition coefficient (Wildman–Crippen LogP) is 3.15. The second-order valence-corrected chi connectivity index (χ2v) is 6.34. The standard InChI is InChI=1S/C20H24N2O2/c1-15(2)24-18-9-7-16(8-10-18)13-21-14-20(23)22-12-11-17-5-3-4-6-19(17)22/h3-10,15,21H,11-14H2,1-2H3. The van der Waals surface area contributed by atoms with E-state index < -0.39 is 0 Å². The maximum atomic E-state index is 12.4. The normalized spacial score (nSPS) is 13.2. The van der Waals surface area contributed by atoms with E-state index in [1.54, 1.807) is 0 Å². The lowest BCUT2D eigenvalue weighted by atomic mass is 10.2. The highest BCUT2D eigenvalue weighted by Crippen LogP contribution is 2.27. The third-order valence-electron chi connectivity index (χ3n) is 4.09. The van der Waals surface area contributed by atoms with Gasteiger partial charge in [-0.25, -0.2) is 0 Å². The SMILES string of the molecule is CC(C)Oc1ccc(CNCC(=O)N2CCc3ccccc32)cc1. The number of para-hydroxylation sites is 1. The minimum atomic E-state index is 0.125. The van der Waals surface area contributed by atoms with Crippen LogP contribution in [0, 0.1) is 0 Å². The maximum Gasteiger partial charge on any atom is 0.240 e. The lowest BCUT2D eigenvalue weighted by Gasteiger charge is -2.17. The fourth-order valence-corrected chi connectivity index (χ4v) is 2.96. The summed E-state index contributed by atoms with van der Waals surface area (Å²) in [6.07, 6.45) is 1.12. The summed E-state index contributed by atoms with van der Waals surface area (Å²) < 4.78 is 5.63. The van der Waals surface area contributed by atoms with E-state index in [1.807, 2.05) is 61.2 Å². The number of carbonyl (C=O) groups is 1. The van der Waals surface area contributed by atoms with Crippen molar-refractivity contribution in [1.29, 1.82) is 0 Å². The molecular formula is C20H24N2O2. The molecule has 4 heteroatoms. The summed E-state index contributed by atoms with van der Waals surface area (Å²) in [6.45, 7) is 5.82. The smallest absolute Gasteiger partial charge is 0.240 e. The van der Waals surface area contributed by atoms with Crippen molar-refractivity contribution in [2.75, 3.05) is 18.0 Å². The van der Waals surface area contributed by atoms with Gasteiger partial charge in [-0.05, 0) is 49.6 Å². The van der Waals surface area contributed by atoms with Gasteiger partial charge in [-0.1, -0.05) is 30.3 Å². The number of hydrogen-bond donors (Lipinski definition) is 1. The third-order valence-corrected chi connectivity index (χ3v) is 4.09. The van der Waals surface area contributed by atoms with Crippen molar-refractivity contribution in [3.63, 3.8) is 0 Å². The quantitative estimate of drug-likeness (QED) is 0.887. The molecule has 1 heterocycles. The summed E-state index contributed by atoms with van der Waals surface area (Å²) in [7, 11) is 0. The molecule has 0 saturated carbocycles. The van der Waals surface area contributed by atoms with Gasteiger partial charge in [0.25, 0.3) is 0 Å². The molecule has 0 unspecified atom stereocenters. The topological polar surface area (TPSA) is 41.6 Å². The van der Waals surface area contributed by atoms with Crippen LogP contribution in [-0.4, -0.2) is 25.1 Å². The Morgan fingerprint density at radius 3 is 2.67 bits per heavy atom. The predicted molar refractivity (Wildman–Crippen MR) is 96.4 cm³/mol. The zero-order valence-corrected chi connectivity index (χ0v) is 14.3. The minimum Gasteiger partial charge on any atom is -0.491 e. The Kier molecular flexibility index (Phi) is 5.16. The van der Waals surface area contributed by atoms with Crippen molar-refractivity contribution in [3.8, 4) is 5.75 Å². The second kappa shape index (κ2) is 7.49. The lowest BCUT2D eigenvalue weighted by Crippen LogP contribution is -2.36. The van der Waals surface area contributed by atoms with Gasteiger partial charge in [-0.3, -0.25) is 4.79 Å². The highest BCUT2D eigenvalue weighted by molar-refractivity contribution is 5.96. The zero-order valence-electron chi connectivity index (χ0n) is 14.3. The molecule has 0 bridgehead atoms. The van der Waals surface area contributed by atoms with Crippen molar-refractivity contribution in [1.82, 2.24) is 5.32 Å². The summed E-state index contributed by atoms with van der Waals surface area (Å²) in [4.78, 5) is 14.3. The van der Waals surface area contributed by atoms with Crippen LogP contribution in [0.25, 0.3) is 0 Å². The summed E-state index contributed by atoms with van der Waals surface area (Å²) in [6, 6.07) is 16.1. The van der Waals surface area contributed by atoms with Crippen molar-refractivity contribution in [3.05, 3.63) is 59.7 Å². The van der Waals surface area contributed by atoms with Crippen LogP contribution < -0.4 is 15.0 Å². The molecule has 0 radical (unpaired) electrons. The molecule has 0 atom stereocenters. The molecule has 4 nitrogen and oxygen atoms in total. The number of benzene rings is 2. The van der Waals surface area contributed by atoms with Crippen LogP contribution in [0.15, 0.2) is 48.5 Å². The Bertz CT molecular complexity index is 695. The molecule has 2 aromatic rings. The first kappa shape index (κ1) is 16.5. The first-order valence-electron chi connectivity index (χ1n) is 8.48. The van der Waals surface area contributed by atoms with Gasteiger partial charge in [-0.2, -0.15) is 0 Å². The van der Waals surface area contributed by atoms with Crippen LogP contribution in [0.5, 0.6) is 5.75 Å². The van der Waals surface area contributed by atoms with Crippen molar-refractivity contribution >= 4 is 11.6 Å². The van der Waals surface area contributed by atoms with E-state index in [0.29, 0.717) is 13.1 Å². The molecule has 126 valence electrons. The number of rotatable bonds is 6. The van der Waals surface area contributed by atoms with Gasteiger partial charge >= 0.3 is 0 Å². The molecule has 0 fully saturated rings. The van der Waals surface area contributed by atoms with Crippen LogP contribution in [0.1, 0.15) is 25.0 Å². The summed E-state index contributed by atoms with van der Waals surface area (Å²) in [5.41, 5.74) is 3.45. The first-order valence-corrected chi connectivity index (χ1v) is 8.48. The average molecular weight is 324 g/mol. The molecule has 1 aliphatic heterocycles. The monoisotopic (exact) mass is 324 g/mol. The molecule has 1 amide bonds. The van der Waals surface area contributed by atoms with Gasteiger partial charge < -0.3 is 15.0 Å². The average Bonchev–Trinajstić information content (AvgIpc) is 3.00. The highest BCUT2D eigenvalue weighted by atomic mass is 16.5. The summed E-state index contributed by atoms with van der Waals surface area (Å²) in [5.74, 6) is 0.998.